The van der Waals surface area contributed by atoms with Crippen LogP contribution in [-0.2, 0) is 4.79 Å². The van der Waals surface area contributed by atoms with Crippen LogP contribution in [-0.4, -0.2) is 40.0 Å². The normalized spacial score (nSPS) is 11.7. The quantitative estimate of drug-likeness (QED) is 0.585. The van der Waals surface area contributed by atoms with Crippen molar-refractivity contribution in [3.05, 3.63) is 38.9 Å². The Hall–Kier alpha value is -1.80. The maximum absolute atomic E-state index is 12.0. The number of rotatable bonds is 7. The minimum absolute atomic E-state index is 0.00216. The van der Waals surface area contributed by atoms with Gasteiger partial charge in [0.2, 0.25) is 0 Å². The van der Waals surface area contributed by atoms with E-state index in [9.17, 15) is 19.7 Å². The van der Waals surface area contributed by atoms with E-state index in [-0.39, 0.29) is 22.7 Å². The third-order valence-corrected chi connectivity index (χ3v) is 3.58. The first-order chi connectivity index (χ1) is 9.86. The van der Waals surface area contributed by atoms with Gasteiger partial charge in [0.1, 0.15) is 6.04 Å². The van der Waals surface area contributed by atoms with E-state index in [4.69, 9.17) is 16.7 Å². The van der Waals surface area contributed by atoms with E-state index in [1.807, 2.05) is 6.26 Å². The molecule has 0 radical (unpaired) electrons. The lowest BCUT2D eigenvalue weighted by molar-refractivity contribution is -0.384. The zero-order valence-electron chi connectivity index (χ0n) is 11.0. The predicted molar refractivity (Wildman–Crippen MR) is 80.0 cm³/mol. The molecule has 21 heavy (non-hydrogen) atoms. The summed E-state index contributed by atoms with van der Waals surface area (Å²) in [5, 5.41) is 21.9. The molecular weight excluding hydrogens is 320 g/mol. The lowest BCUT2D eigenvalue weighted by Crippen LogP contribution is -2.41. The number of amides is 1. The summed E-state index contributed by atoms with van der Waals surface area (Å²) in [6, 6.07) is 2.35. The summed E-state index contributed by atoms with van der Waals surface area (Å²) in [5.74, 6) is -1.25. The Kier molecular flexibility index (Phi) is 6.44. The SMILES string of the molecule is CSCC[C@@H](NC(=O)c1ccc([N+](=O)[O-])cc1Cl)C(=O)O. The van der Waals surface area contributed by atoms with Crippen LogP contribution < -0.4 is 5.32 Å². The number of carboxylic acids is 1. The summed E-state index contributed by atoms with van der Waals surface area (Å²) < 4.78 is 0. The van der Waals surface area contributed by atoms with Crippen molar-refractivity contribution in [1.29, 1.82) is 0 Å². The molecule has 2 N–H and O–H groups in total. The lowest BCUT2D eigenvalue weighted by Gasteiger charge is -2.14. The van der Waals surface area contributed by atoms with E-state index < -0.39 is 22.8 Å². The van der Waals surface area contributed by atoms with E-state index in [1.54, 1.807) is 0 Å². The Morgan fingerprint density at radius 3 is 2.67 bits per heavy atom. The van der Waals surface area contributed by atoms with Crippen molar-refractivity contribution in [1.82, 2.24) is 5.32 Å². The molecule has 0 heterocycles. The Morgan fingerprint density at radius 2 is 2.19 bits per heavy atom. The minimum atomic E-state index is -1.14. The van der Waals surface area contributed by atoms with Crippen molar-refractivity contribution in [2.24, 2.45) is 0 Å². The highest BCUT2D eigenvalue weighted by molar-refractivity contribution is 7.98. The standard InChI is InChI=1S/C12H13ClN2O5S/c1-21-5-4-10(12(17)18)14-11(16)8-3-2-7(15(19)20)6-9(8)13/h2-3,6,10H,4-5H2,1H3,(H,14,16)(H,17,18)/t10-/m1/s1. The number of aliphatic carboxylic acids is 1. The van der Waals surface area contributed by atoms with Gasteiger partial charge in [-0.15, -0.1) is 0 Å². The van der Waals surface area contributed by atoms with Gasteiger partial charge in [-0.05, 0) is 24.5 Å². The molecule has 0 aliphatic carbocycles. The molecule has 114 valence electrons. The second-order valence-corrected chi connectivity index (χ2v) is 5.46. The number of non-ortho nitro benzene ring substituents is 1. The summed E-state index contributed by atoms with van der Waals surface area (Å²) in [7, 11) is 0. The molecule has 0 aliphatic heterocycles. The Morgan fingerprint density at radius 1 is 1.52 bits per heavy atom. The summed E-state index contributed by atoms with van der Waals surface area (Å²) in [6.07, 6.45) is 2.10. The lowest BCUT2D eigenvalue weighted by atomic mass is 10.1. The molecule has 0 saturated carbocycles. The number of nitro benzene ring substituents is 1. The number of carboxylic acid groups (broad SMARTS) is 1. The average molecular weight is 333 g/mol. The molecule has 0 fully saturated rings. The van der Waals surface area contributed by atoms with Crippen molar-refractivity contribution in [3.8, 4) is 0 Å². The summed E-state index contributed by atoms with van der Waals surface area (Å²) in [5.41, 5.74) is -0.244. The van der Waals surface area contributed by atoms with Gasteiger partial charge in [0.15, 0.2) is 0 Å². The van der Waals surface area contributed by atoms with Crippen molar-refractivity contribution in [2.75, 3.05) is 12.0 Å². The second kappa shape index (κ2) is 7.84. The van der Waals surface area contributed by atoms with Crippen LogP contribution in [0.25, 0.3) is 0 Å². The Bertz CT molecular complexity index is 567. The number of carbonyl (C=O) groups excluding carboxylic acids is 1. The van der Waals surface area contributed by atoms with Gasteiger partial charge in [-0.2, -0.15) is 11.8 Å². The number of carbonyl (C=O) groups is 2. The molecule has 0 spiro atoms. The van der Waals surface area contributed by atoms with Gasteiger partial charge < -0.3 is 10.4 Å². The van der Waals surface area contributed by atoms with Crippen molar-refractivity contribution >= 4 is 40.9 Å². The van der Waals surface area contributed by atoms with Crippen LogP contribution >= 0.6 is 23.4 Å². The van der Waals surface area contributed by atoms with Gasteiger partial charge in [0.05, 0.1) is 15.5 Å². The Labute approximate surface area is 129 Å². The molecule has 9 heteroatoms. The average Bonchev–Trinajstić information content (AvgIpc) is 2.42. The molecular formula is C12H13ClN2O5S. The molecule has 0 unspecified atom stereocenters. The van der Waals surface area contributed by atoms with Crippen LogP contribution in [0.15, 0.2) is 18.2 Å². The first-order valence-electron chi connectivity index (χ1n) is 5.83. The van der Waals surface area contributed by atoms with E-state index >= 15 is 0 Å². The van der Waals surface area contributed by atoms with Gasteiger partial charge in [0.25, 0.3) is 11.6 Å². The van der Waals surface area contributed by atoms with Crippen LogP contribution in [0.4, 0.5) is 5.69 Å². The molecule has 1 atom stereocenters. The van der Waals surface area contributed by atoms with Crippen LogP contribution in [0.2, 0.25) is 5.02 Å². The Balaban J connectivity index is 2.87. The number of hydrogen-bond donors (Lipinski definition) is 2. The smallest absolute Gasteiger partial charge is 0.326 e. The van der Waals surface area contributed by atoms with Gasteiger partial charge in [-0.25, -0.2) is 4.79 Å². The van der Waals surface area contributed by atoms with E-state index in [2.05, 4.69) is 5.32 Å². The monoisotopic (exact) mass is 332 g/mol. The van der Waals surface area contributed by atoms with Gasteiger partial charge in [0, 0.05) is 12.1 Å². The minimum Gasteiger partial charge on any atom is -0.480 e. The topological polar surface area (TPSA) is 110 Å². The third-order valence-electron chi connectivity index (χ3n) is 2.62. The summed E-state index contributed by atoms with van der Waals surface area (Å²) in [6.45, 7) is 0. The molecule has 1 rings (SSSR count). The fourth-order valence-corrected chi connectivity index (χ4v) is 2.26. The molecule has 1 aromatic carbocycles. The predicted octanol–water partition coefficient (Wildman–Crippen LogP) is 2.18. The summed E-state index contributed by atoms with van der Waals surface area (Å²) in [4.78, 5) is 33.0. The largest absolute Gasteiger partial charge is 0.480 e. The van der Waals surface area contributed by atoms with Crippen LogP contribution in [0.3, 0.4) is 0 Å². The zero-order chi connectivity index (χ0) is 16.0. The number of nitrogens with one attached hydrogen (secondary N) is 1. The number of benzene rings is 1. The molecule has 0 bridgehead atoms. The third kappa shape index (κ3) is 4.91. The molecule has 7 nitrogen and oxygen atoms in total. The number of halogens is 1. The fraction of sp³-hybridized carbons (Fsp3) is 0.333. The number of nitrogens with zero attached hydrogens (tertiary/aromatic N) is 1. The molecule has 1 aromatic rings. The fourth-order valence-electron chi connectivity index (χ4n) is 1.53. The van der Waals surface area contributed by atoms with Crippen LogP contribution in [0, 0.1) is 10.1 Å². The van der Waals surface area contributed by atoms with E-state index in [1.165, 1.54) is 17.8 Å². The first-order valence-corrected chi connectivity index (χ1v) is 7.60. The number of nitro groups is 1. The van der Waals surface area contributed by atoms with Crippen molar-refractivity contribution in [2.45, 2.75) is 12.5 Å². The second-order valence-electron chi connectivity index (χ2n) is 4.07. The highest BCUT2D eigenvalue weighted by Gasteiger charge is 2.22. The number of thioether (sulfide) groups is 1. The van der Waals surface area contributed by atoms with Gasteiger partial charge >= 0.3 is 5.97 Å². The highest BCUT2D eigenvalue weighted by atomic mass is 35.5. The zero-order valence-corrected chi connectivity index (χ0v) is 12.6. The van der Waals surface area contributed by atoms with Gasteiger partial charge in [-0.1, -0.05) is 11.6 Å². The first kappa shape index (κ1) is 17.3. The summed E-state index contributed by atoms with van der Waals surface area (Å²) >= 11 is 7.28. The molecule has 0 aliphatic rings. The van der Waals surface area contributed by atoms with E-state index in [0.29, 0.717) is 5.75 Å². The van der Waals surface area contributed by atoms with Crippen molar-refractivity contribution < 1.29 is 19.6 Å². The molecule has 0 aromatic heterocycles. The highest BCUT2D eigenvalue weighted by Crippen LogP contribution is 2.22. The van der Waals surface area contributed by atoms with Crippen LogP contribution in [0.5, 0.6) is 0 Å². The number of hydrogen-bond acceptors (Lipinski definition) is 5. The molecule has 1 amide bonds. The molecule has 0 saturated heterocycles. The van der Waals surface area contributed by atoms with Gasteiger partial charge in [-0.3, -0.25) is 14.9 Å². The maximum atomic E-state index is 12.0. The maximum Gasteiger partial charge on any atom is 0.326 e. The van der Waals surface area contributed by atoms with Crippen molar-refractivity contribution in [3.63, 3.8) is 0 Å². The van der Waals surface area contributed by atoms with E-state index in [0.717, 1.165) is 12.1 Å². The van der Waals surface area contributed by atoms with Crippen LogP contribution in [0.1, 0.15) is 16.8 Å².